The minimum absolute atomic E-state index is 0.238. The highest BCUT2D eigenvalue weighted by Gasteiger charge is 2.17. The monoisotopic (exact) mass is 275 g/mol. The van der Waals surface area contributed by atoms with E-state index in [1.807, 2.05) is 32.9 Å². The number of rotatable bonds is 5. The van der Waals surface area contributed by atoms with E-state index >= 15 is 0 Å². The molecule has 2 rings (SSSR count). The Hall–Kier alpha value is -1.35. The number of carbonyl (C=O) groups excluding carboxylic acids is 1. The molecule has 0 unspecified atom stereocenters. The van der Waals surface area contributed by atoms with Crippen molar-refractivity contribution in [3.63, 3.8) is 0 Å². The normalized spacial score (nSPS) is 16.1. The number of nitrogens with one attached hydrogen (secondary N) is 1. The summed E-state index contributed by atoms with van der Waals surface area (Å²) in [6.45, 7) is 8.11. The Morgan fingerprint density at radius 2 is 1.95 bits per heavy atom. The van der Waals surface area contributed by atoms with Gasteiger partial charge in [0.25, 0.3) is 0 Å². The van der Waals surface area contributed by atoms with Crippen LogP contribution in [-0.2, 0) is 0 Å². The molecule has 3 heteroatoms. The third-order valence-corrected chi connectivity index (χ3v) is 3.88. The number of piperidine rings is 1. The zero-order chi connectivity index (χ0) is 14.5. The van der Waals surface area contributed by atoms with E-state index in [2.05, 4.69) is 5.32 Å². The molecule has 1 saturated heterocycles. The van der Waals surface area contributed by atoms with Crippen LogP contribution < -0.4 is 10.1 Å². The summed E-state index contributed by atoms with van der Waals surface area (Å²) in [5, 5.41) is 3.34. The third-order valence-electron chi connectivity index (χ3n) is 3.88. The molecule has 1 heterocycles. The van der Waals surface area contributed by atoms with Crippen LogP contribution in [-0.4, -0.2) is 25.0 Å². The van der Waals surface area contributed by atoms with E-state index in [9.17, 15) is 4.79 Å². The van der Waals surface area contributed by atoms with E-state index in [-0.39, 0.29) is 5.78 Å². The van der Waals surface area contributed by atoms with Crippen molar-refractivity contribution < 1.29 is 9.53 Å². The maximum atomic E-state index is 12.1. The Kier molecular flexibility index (Phi) is 5.18. The van der Waals surface area contributed by atoms with Crippen molar-refractivity contribution in [3.05, 3.63) is 28.8 Å². The van der Waals surface area contributed by atoms with E-state index in [0.29, 0.717) is 12.5 Å². The van der Waals surface area contributed by atoms with Gasteiger partial charge in [-0.05, 0) is 69.5 Å². The predicted octanol–water partition coefficient (Wildman–Crippen LogP) is 3.42. The molecule has 0 bridgehead atoms. The Morgan fingerprint density at radius 1 is 1.25 bits per heavy atom. The quantitative estimate of drug-likeness (QED) is 0.837. The Morgan fingerprint density at radius 3 is 2.60 bits per heavy atom. The molecule has 0 radical (unpaired) electrons. The average Bonchev–Trinajstić information content (AvgIpc) is 2.44. The third kappa shape index (κ3) is 3.60. The average molecular weight is 275 g/mol. The van der Waals surface area contributed by atoms with Crippen LogP contribution in [0.3, 0.4) is 0 Å². The smallest absolute Gasteiger partial charge is 0.163 e. The standard InChI is InChI=1S/C17H25NO2/c1-4-5-16(19)15-10-13(3)17(11-12(15)2)20-14-6-8-18-9-7-14/h10-11,14,18H,4-9H2,1-3H3. The van der Waals surface area contributed by atoms with E-state index in [1.165, 1.54) is 0 Å². The van der Waals surface area contributed by atoms with Gasteiger partial charge >= 0.3 is 0 Å². The second-order valence-corrected chi connectivity index (χ2v) is 5.67. The van der Waals surface area contributed by atoms with Crippen molar-refractivity contribution in [2.24, 2.45) is 0 Å². The Balaban J connectivity index is 2.14. The topological polar surface area (TPSA) is 38.3 Å². The fourth-order valence-corrected chi connectivity index (χ4v) is 2.67. The van der Waals surface area contributed by atoms with Gasteiger partial charge in [0, 0.05) is 12.0 Å². The van der Waals surface area contributed by atoms with Crippen molar-refractivity contribution in [1.82, 2.24) is 5.32 Å². The van der Waals surface area contributed by atoms with Gasteiger partial charge in [0.15, 0.2) is 5.78 Å². The first-order chi connectivity index (χ1) is 9.61. The first kappa shape index (κ1) is 15.0. The molecule has 0 saturated carbocycles. The molecule has 1 aromatic carbocycles. The summed E-state index contributed by atoms with van der Waals surface area (Å²) in [4.78, 5) is 12.1. The van der Waals surface area contributed by atoms with Gasteiger partial charge in [-0.2, -0.15) is 0 Å². The number of carbonyl (C=O) groups is 1. The highest BCUT2D eigenvalue weighted by molar-refractivity contribution is 5.97. The second-order valence-electron chi connectivity index (χ2n) is 5.67. The minimum Gasteiger partial charge on any atom is -0.490 e. The summed E-state index contributed by atoms with van der Waals surface area (Å²) in [5.74, 6) is 1.17. The number of benzene rings is 1. The fourth-order valence-electron chi connectivity index (χ4n) is 2.67. The number of Topliss-reactive ketones (excluding diaryl/α,β-unsaturated/α-hetero) is 1. The van der Waals surface area contributed by atoms with E-state index in [0.717, 1.165) is 54.8 Å². The molecule has 0 atom stereocenters. The van der Waals surface area contributed by atoms with Gasteiger partial charge in [-0.1, -0.05) is 6.92 Å². The van der Waals surface area contributed by atoms with Crippen LogP contribution in [0.4, 0.5) is 0 Å². The number of hydrogen-bond donors (Lipinski definition) is 1. The first-order valence-corrected chi connectivity index (χ1v) is 7.63. The molecule has 110 valence electrons. The molecule has 1 aliphatic rings. The summed E-state index contributed by atoms with van der Waals surface area (Å²) in [6, 6.07) is 4.02. The largest absolute Gasteiger partial charge is 0.490 e. The van der Waals surface area contributed by atoms with Crippen LogP contribution in [0.1, 0.15) is 54.1 Å². The molecule has 1 aliphatic heterocycles. The van der Waals surface area contributed by atoms with Crippen LogP contribution in [0.15, 0.2) is 12.1 Å². The lowest BCUT2D eigenvalue weighted by atomic mass is 9.98. The first-order valence-electron chi connectivity index (χ1n) is 7.63. The van der Waals surface area contributed by atoms with E-state index in [1.54, 1.807) is 0 Å². The zero-order valence-electron chi connectivity index (χ0n) is 12.8. The Labute approximate surface area is 121 Å². The van der Waals surface area contributed by atoms with Gasteiger partial charge in [-0.3, -0.25) is 4.79 Å². The number of aryl methyl sites for hydroxylation is 2. The van der Waals surface area contributed by atoms with Gasteiger partial charge in [0.1, 0.15) is 11.9 Å². The molecule has 1 aromatic rings. The minimum atomic E-state index is 0.238. The molecule has 0 aliphatic carbocycles. The molecular weight excluding hydrogens is 250 g/mol. The Bertz CT molecular complexity index is 476. The highest BCUT2D eigenvalue weighted by Crippen LogP contribution is 2.26. The van der Waals surface area contributed by atoms with Crippen molar-refractivity contribution in [1.29, 1.82) is 0 Å². The highest BCUT2D eigenvalue weighted by atomic mass is 16.5. The van der Waals surface area contributed by atoms with E-state index in [4.69, 9.17) is 4.74 Å². The maximum absolute atomic E-state index is 12.1. The van der Waals surface area contributed by atoms with Gasteiger partial charge < -0.3 is 10.1 Å². The zero-order valence-corrected chi connectivity index (χ0v) is 12.8. The molecule has 3 nitrogen and oxygen atoms in total. The van der Waals surface area contributed by atoms with Crippen LogP contribution in [0.2, 0.25) is 0 Å². The second kappa shape index (κ2) is 6.89. The molecule has 0 spiro atoms. The van der Waals surface area contributed by atoms with Crippen molar-refractivity contribution in [3.8, 4) is 5.75 Å². The van der Waals surface area contributed by atoms with Crippen LogP contribution >= 0.6 is 0 Å². The maximum Gasteiger partial charge on any atom is 0.163 e. The number of ether oxygens (including phenoxy) is 1. The molecule has 0 amide bonds. The SMILES string of the molecule is CCCC(=O)c1cc(C)c(OC2CCNCC2)cc1C. The number of ketones is 1. The van der Waals surface area contributed by atoms with Gasteiger partial charge in [-0.15, -0.1) is 0 Å². The molecule has 1 N–H and O–H groups in total. The summed E-state index contributed by atoms with van der Waals surface area (Å²) < 4.78 is 6.11. The van der Waals surface area contributed by atoms with Crippen LogP contribution in [0.5, 0.6) is 5.75 Å². The molecule has 1 fully saturated rings. The fraction of sp³-hybridized carbons (Fsp3) is 0.588. The van der Waals surface area contributed by atoms with Gasteiger partial charge in [0.05, 0.1) is 0 Å². The van der Waals surface area contributed by atoms with Crippen molar-refractivity contribution >= 4 is 5.78 Å². The lowest BCUT2D eigenvalue weighted by molar-refractivity contribution is 0.0981. The summed E-state index contributed by atoms with van der Waals surface area (Å²) in [5.41, 5.74) is 2.94. The lowest BCUT2D eigenvalue weighted by Crippen LogP contribution is -2.34. The summed E-state index contributed by atoms with van der Waals surface area (Å²) in [7, 11) is 0. The molecular formula is C17H25NO2. The molecule has 20 heavy (non-hydrogen) atoms. The van der Waals surface area contributed by atoms with E-state index < -0.39 is 0 Å². The predicted molar refractivity (Wildman–Crippen MR) is 81.7 cm³/mol. The molecule has 0 aromatic heterocycles. The summed E-state index contributed by atoms with van der Waals surface area (Å²) in [6.07, 6.45) is 3.91. The van der Waals surface area contributed by atoms with Crippen molar-refractivity contribution in [2.45, 2.75) is 52.6 Å². The van der Waals surface area contributed by atoms with Crippen LogP contribution in [0, 0.1) is 13.8 Å². The summed E-state index contributed by atoms with van der Waals surface area (Å²) >= 11 is 0. The van der Waals surface area contributed by atoms with Gasteiger partial charge in [0.2, 0.25) is 0 Å². The van der Waals surface area contributed by atoms with Crippen LogP contribution in [0.25, 0.3) is 0 Å². The number of hydrogen-bond acceptors (Lipinski definition) is 3. The lowest BCUT2D eigenvalue weighted by Gasteiger charge is -2.25. The van der Waals surface area contributed by atoms with Crippen molar-refractivity contribution in [2.75, 3.05) is 13.1 Å². The van der Waals surface area contributed by atoms with Gasteiger partial charge in [-0.25, -0.2) is 0 Å².